The summed E-state index contributed by atoms with van der Waals surface area (Å²) in [4.78, 5) is 31.1. The van der Waals surface area contributed by atoms with Gasteiger partial charge in [0.15, 0.2) is 5.82 Å². The number of aromatic nitrogens is 4. The van der Waals surface area contributed by atoms with Gasteiger partial charge in [-0.2, -0.15) is 5.10 Å². The topological polar surface area (TPSA) is 116 Å². The smallest absolute Gasteiger partial charge is 0.239 e. The Morgan fingerprint density at radius 2 is 1.94 bits per heavy atom. The number of carbonyl (C=O) groups excluding carboxylic acids is 1. The van der Waals surface area contributed by atoms with Crippen molar-refractivity contribution in [2.75, 3.05) is 57.4 Å². The molecule has 2 fully saturated rings. The zero-order valence-corrected chi connectivity index (χ0v) is 21.1. The molecule has 1 amide bonds. The van der Waals surface area contributed by atoms with E-state index in [-0.39, 0.29) is 5.91 Å². The number of nitrogens with one attached hydrogen (secondary N) is 1. The van der Waals surface area contributed by atoms with Crippen LogP contribution in [0.4, 0.5) is 5.82 Å². The van der Waals surface area contributed by atoms with Gasteiger partial charge in [0.2, 0.25) is 5.91 Å². The van der Waals surface area contributed by atoms with Crippen molar-refractivity contribution in [1.82, 2.24) is 30.0 Å². The van der Waals surface area contributed by atoms with E-state index in [1.807, 2.05) is 23.2 Å². The van der Waals surface area contributed by atoms with E-state index in [1.54, 1.807) is 18.3 Å². The van der Waals surface area contributed by atoms with Crippen LogP contribution in [0.15, 0.2) is 30.5 Å². The van der Waals surface area contributed by atoms with Crippen LogP contribution in [-0.2, 0) is 16.1 Å². The molecule has 0 saturated carbocycles. The summed E-state index contributed by atoms with van der Waals surface area (Å²) in [6.45, 7) is 8.68. The zero-order valence-electron chi connectivity index (χ0n) is 20.3. The number of thiophene rings is 1. The normalized spacial score (nSPS) is 18.3. The summed E-state index contributed by atoms with van der Waals surface area (Å²) < 4.78 is 5.60. The van der Waals surface area contributed by atoms with Gasteiger partial charge < -0.3 is 20.3 Å². The van der Waals surface area contributed by atoms with Crippen LogP contribution < -0.4 is 10.6 Å². The largest absolute Gasteiger partial charge is 0.378 e. The molecule has 2 saturated heterocycles. The number of anilines is 1. The van der Waals surface area contributed by atoms with E-state index >= 15 is 0 Å². The third kappa shape index (κ3) is 4.43. The molecule has 11 heteroatoms. The van der Waals surface area contributed by atoms with Crippen molar-refractivity contribution in [2.45, 2.75) is 19.5 Å². The molecule has 0 aliphatic carbocycles. The number of amides is 1. The molecular formula is C25H30N8O2S. The number of hydrogen-bond donors (Lipinski definition) is 2. The van der Waals surface area contributed by atoms with Crippen molar-refractivity contribution in [2.24, 2.45) is 5.73 Å². The molecule has 3 aromatic heterocycles. The number of benzene rings is 1. The van der Waals surface area contributed by atoms with Gasteiger partial charge in [0.1, 0.15) is 10.6 Å². The fourth-order valence-corrected chi connectivity index (χ4v) is 6.03. The van der Waals surface area contributed by atoms with E-state index in [4.69, 9.17) is 20.4 Å². The Labute approximate surface area is 213 Å². The van der Waals surface area contributed by atoms with Crippen LogP contribution in [-0.4, -0.2) is 94.4 Å². The molecule has 188 valence electrons. The van der Waals surface area contributed by atoms with Gasteiger partial charge in [-0.15, -0.1) is 11.3 Å². The predicted octanol–water partition coefficient (Wildman–Crippen LogP) is 2.06. The number of piperazine rings is 1. The van der Waals surface area contributed by atoms with Gasteiger partial charge in [0.25, 0.3) is 0 Å². The minimum Gasteiger partial charge on any atom is -0.378 e. The van der Waals surface area contributed by atoms with Crippen LogP contribution in [0.2, 0.25) is 0 Å². The van der Waals surface area contributed by atoms with E-state index < -0.39 is 6.04 Å². The Balaban J connectivity index is 1.32. The standard InChI is InChI=1S/C25H30N8O2S/c1-16(26)25(34)33-7-5-31(6-8-33)15-17-13-19-23(32-9-11-35-12-10-32)28-22(29-24(19)36-17)18-3-2-4-21-20(18)14-27-30-21/h2-4,13-14,16H,5-12,15,26H2,1H3,(H,27,30)/t16-/m1/s1. The third-order valence-corrected chi connectivity index (χ3v) is 7.93. The second kappa shape index (κ2) is 9.74. The lowest BCUT2D eigenvalue weighted by Gasteiger charge is -2.35. The van der Waals surface area contributed by atoms with Crippen molar-refractivity contribution in [1.29, 1.82) is 0 Å². The molecule has 0 unspecified atom stereocenters. The number of rotatable bonds is 5. The molecule has 5 heterocycles. The average Bonchev–Trinajstić information content (AvgIpc) is 3.55. The Kier molecular flexibility index (Phi) is 6.30. The fraction of sp³-hybridized carbons (Fsp3) is 0.440. The Morgan fingerprint density at radius 3 is 2.72 bits per heavy atom. The molecule has 3 N–H and O–H groups in total. The summed E-state index contributed by atoms with van der Waals surface area (Å²) in [7, 11) is 0. The van der Waals surface area contributed by atoms with Crippen molar-refractivity contribution >= 4 is 44.2 Å². The van der Waals surface area contributed by atoms with Gasteiger partial charge in [-0.25, -0.2) is 9.97 Å². The lowest BCUT2D eigenvalue weighted by molar-refractivity contribution is -0.134. The quantitative estimate of drug-likeness (QED) is 0.423. The number of carbonyl (C=O) groups is 1. The number of hydrogen-bond acceptors (Lipinski definition) is 9. The Hall–Kier alpha value is -3.12. The first kappa shape index (κ1) is 23.3. The maximum Gasteiger partial charge on any atom is 0.239 e. The van der Waals surface area contributed by atoms with Crippen molar-refractivity contribution < 1.29 is 9.53 Å². The zero-order chi connectivity index (χ0) is 24.6. The molecule has 4 aromatic rings. The minimum atomic E-state index is -0.446. The molecule has 0 bridgehead atoms. The molecule has 2 aliphatic rings. The second-order valence-electron chi connectivity index (χ2n) is 9.43. The maximum atomic E-state index is 12.2. The van der Waals surface area contributed by atoms with E-state index in [0.29, 0.717) is 32.1 Å². The number of nitrogens with two attached hydrogens (primary N) is 1. The Bertz CT molecular complexity index is 1390. The summed E-state index contributed by atoms with van der Waals surface area (Å²) in [5.74, 6) is 1.71. The van der Waals surface area contributed by atoms with Crippen molar-refractivity contribution in [3.8, 4) is 11.4 Å². The average molecular weight is 507 g/mol. The monoisotopic (exact) mass is 506 g/mol. The summed E-state index contributed by atoms with van der Waals surface area (Å²) in [6, 6.07) is 7.87. The van der Waals surface area contributed by atoms with E-state index in [1.165, 1.54) is 4.88 Å². The summed E-state index contributed by atoms with van der Waals surface area (Å²) in [6.07, 6.45) is 1.84. The van der Waals surface area contributed by atoms with Crippen LogP contribution in [0, 0.1) is 0 Å². The van der Waals surface area contributed by atoms with Gasteiger partial charge >= 0.3 is 0 Å². The van der Waals surface area contributed by atoms with Crippen LogP contribution in [0.5, 0.6) is 0 Å². The van der Waals surface area contributed by atoms with E-state index in [0.717, 1.165) is 65.2 Å². The van der Waals surface area contributed by atoms with Crippen LogP contribution >= 0.6 is 11.3 Å². The van der Waals surface area contributed by atoms with Crippen LogP contribution in [0.1, 0.15) is 11.8 Å². The highest BCUT2D eigenvalue weighted by atomic mass is 32.1. The molecule has 0 spiro atoms. The highest BCUT2D eigenvalue weighted by Gasteiger charge is 2.25. The number of morpholine rings is 1. The predicted molar refractivity (Wildman–Crippen MR) is 141 cm³/mol. The molecule has 2 aliphatic heterocycles. The first-order valence-corrected chi connectivity index (χ1v) is 13.2. The van der Waals surface area contributed by atoms with Crippen molar-refractivity contribution in [3.63, 3.8) is 0 Å². The number of ether oxygens (including phenoxy) is 1. The van der Waals surface area contributed by atoms with Gasteiger partial charge in [-0.05, 0) is 19.1 Å². The van der Waals surface area contributed by atoms with Gasteiger partial charge in [-0.1, -0.05) is 12.1 Å². The first-order chi connectivity index (χ1) is 17.6. The van der Waals surface area contributed by atoms with Gasteiger partial charge in [0.05, 0.1) is 36.4 Å². The summed E-state index contributed by atoms with van der Waals surface area (Å²) >= 11 is 1.72. The SMILES string of the molecule is C[C@@H](N)C(=O)N1CCN(Cc2cc3c(N4CCOCC4)nc(-c4cccc5[nH]ncc45)nc3s2)CC1. The first-order valence-electron chi connectivity index (χ1n) is 12.4. The molecule has 36 heavy (non-hydrogen) atoms. The molecule has 0 radical (unpaired) electrons. The molecule has 1 aromatic carbocycles. The lowest BCUT2D eigenvalue weighted by Crippen LogP contribution is -2.52. The van der Waals surface area contributed by atoms with Crippen molar-refractivity contribution in [3.05, 3.63) is 35.3 Å². The summed E-state index contributed by atoms with van der Waals surface area (Å²) in [5, 5.41) is 9.36. The van der Waals surface area contributed by atoms with E-state index in [2.05, 4.69) is 32.1 Å². The highest BCUT2D eigenvalue weighted by molar-refractivity contribution is 7.18. The van der Waals surface area contributed by atoms with Crippen LogP contribution in [0.25, 0.3) is 32.5 Å². The number of fused-ring (bicyclic) bond motifs is 2. The Morgan fingerprint density at radius 1 is 1.14 bits per heavy atom. The number of H-pyrrole nitrogens is 1. The summed E-state index contributed by atoms with van der Waals surface area (Å²) in [5.41, 5.74) is 7.73. The number of nitrogens with zero attached hydrogens (tertiary/aromatic N) is 6. The second-order valence-corrected chi connectivity index (χ2v) is 10.5. The fourth-order valence-electron chi connectivity index (χ4n) is 4.97. The molecule has 1 atom stereocenters. The highest BCUT2D eigenvalue weighted by Crippen LogP contribution is 2.35. The molecular weight excluding hydrogens is 476 g/mol. The van der Waals surface area contributed by atoms with Gasteiger partial charge in [-0.3, -0.25) is 14.8 Å². The van der Waals surface area contributed by atoms with E-state index in [9.17, 15) is 4.79 Å². The molecule has 6 rings (SSSR count). The third-order valence-electron chi connectivity index (χ3n) is 6.91. The number of aromatic amines is 1. The lowest BCUT2D eigenvalue weighted by atomic mass is 10.1. The van der Waals surface area contributed by atoms with Crippen LogP contribution in [0.3, 0.4) is 0 Å². The van der Waals surface area contributed by atoms with Gasteiger partial charge in [0, 0.05) is 61.6 Å². The maximum absolute atomic E-state index is 12.2. The molecule has 10 nitrogen and oxygen atoms in total. The minimum absolute atomic E-state index is 0.0297.